The Hall–Kier alpha value is -1.06. The molecule has 1 saturated heterocycles. The number of phenolic OH excluding ortho intramolecular Hbond substituents is 1. The van der Waals surface area contributed by atoms with E-state index in [2.05, 4.69) is 22.8 Å². The zero-order valence-corrected chi connectivity index (χ0v) is 9.30. The van der Waals surface area contributed by atoms with Gasteiger partial charge >= 0.3 is 0 Å². The number of hydrogen-bond acceptors (Lipinski definition) is 3. The molecule has 1 aromatic rings. The van der Waals surface area contributed by atoms with Gasteiger partial charge in [0.1, 0.15) is 5.75 Å². The average molecular weight is 206 g/mol. The smallest absolute Gasteiger partial charge is 0.121 e. The standard InChI is InChI=1S/C12H18N2O/c1-8-5-10(6-9(2)12(8)15)11-7-13-3-4-14-11/h5-6,11,13-15H,3-4,7H2,1-2H3/t11-/m0/s1. The quantitative estimate of drug-likeness (QED) is 0.648. The summed E-state index contributed by atoms with van der Waals surface area (Å²) in [5.74, 6) is 0.419. The van der Waals surface area contributed by atoms with Crippen LogP contribution in [-0.4, -0.2) is 24.7 Å². The van der Waals surface area contributed by atoms with Crippen molar-refractivity contribution in [1.82, 2.24) is 10.6 Å². The van der Waals surface area contributed by atoms with Crippen LogP contribution in [0.25, 0.3) is 0 Å². The van der Waals surface area contributed by atoms with E-state index in [1.807, 2.05) is 13.8 Å². The van der Waals surface area contributed by atoms with Crippen molar-refractivity contribution in [3.63, 3.8) is 0 Å². The third-order valence-corrected chi connectivity index (χ3v) is 2.96. The molecule has 15 heavy (non-hydrogen) atoms. The number of phenols is 1. The first-order valence-electron chi connectivity index (χ1n) is 5.42. The molecule has 3 nitrogen and oxygen atoms in total. The molecule has 3 heteroatoms. The van der Waals surface area contributed by atoms with Gasteiger partial charge in [-0.25, -0.2) is 0 Å². The highest BCUT2D eigenvalue weighted by atomic mass is 16.3. The van der Waals surface area contributed by atoms with Crippen LogP contribution in [0, 0.1) is 13.8 Å². The van der Waals surface area contributed by atoms with Crippen LogP contribution >= 0.6 is 0 Å². The van der Waals surface area contributed by atoms with E-state index in [4.69, 9.17) is 0 Å². The molecule has 3 N–H and O–H groups in total. The predicted octanol–water partition coefficient (Wildman–Crippen LogP) is 1.24. The first kappa shape index (κ1) is 10.5. The average Bonchev–Trinajstić information content (AvgIpc) is 2.26. The molecule has 0 saturated carbocycles. The lowest BCUT2D eigenvalue weighted by atomic mass is 9.99. The SMILES string of the molecule is Cc1cc([C@@H]2CNCCN2)cc(C)c1O. The molecular weight excluding hydrogens is 188 g/mol. The summed E-state index contributed by atoms with van der Waals surface area (Å²) in [4.78, 5) is 0. The van der Waals surface area contributed by atoms with Gasteiger partial charge in [0, 0.05) is 25.7 Å². The minimum absolute atomic E-state index is 0.372. The monoisotopic (exact) mass is 206 g/mol. The fourth-order valence-electron chi connectivity index (χ4n) is 2.08. The number of nitrogens with one attached hydrogen (secondary N) is 2. The molecular formula is C12H18N2O. The predicted molar refractivity (Wildman–Crippen MR) is 61.2 cm³/mol. The van der Waals surface area contributed by atoms with Crippen LogP contribution in [-0.2, 0) is 0 Å². The van der Waals surface area contributed by atoms with Crippen molar-refractivity contribution < 1.29 is 5.11 Å². The number of aryl methyl sites for hydroxylation is 2. The minimum atomic E-state index is 0.372. The fourth-order valence-corrected chi connectivity index (χ4v) is 2.08. The maximum atomic E-state index is 9.69. The largest absolute Gasteiger partial charge is 0.507 e. The van der Waals surface area contributed by atoms with Gasteiger partial charge in [-0.05, 0) is 30.5 Å². The van der Waals surface area contributed by atoms with Crippen LogP contribution in [0.5, 0.6) is 5.75 Å². The Kier molecular flexibility index (Phi) is 2.93. The number of piperazine rings is 1. The molecule has 0 unspecified atom stereocenters. The molecule has 1 aliphatic heterocycles. The lowest BCUT2D eigenvalue weighted by Crippen LogP contribution is -2.42. The molecule has 1 heterocycles. The molecule has 82 valence electrons. The molecule has 0 bridgehead atoms. The zero-order valence-electron chi connectivity index (χ0n) is 9.30. The number of benzene rings is 1. The molecule has 0 amide bonds. The van der Waals surface area contributed by atoms with E-state index in [0.717, 1.165) is 30.8 Å². The number of aromatic hydroxyl groups is 1. The summed E-state index contributed by atoms with van der Waals surface area (Å²) < 4.78 is 0. The Bertz CT molecular complexity index is 334. The van der Waals surface area contributed by atoms with Gasteiger partial charge in [0.25, 0.3) is 0 Å². The van der Waals surface area contributed by atoms with Crippen molar-refractivity contribution in [1.29, 1.82) is 0 Å². The zero-order chi connectivity index (χ0) is 10.8. The van der Waals surface area contributed by atoms with Crippen LogP contribution in [0.15, 0.2) is 12.1 Å². The van der Waals surface area contributed by atoms with Gasteiger partial charge in [-0.15, -0.1) is 0 Å². The van der Waals surface area contributed by atoms with Gasteiger partial charge in [0.15, 0.2) is 0 Å². The molecule has 0 aliphatic carbocycles. The molecule has 1 fully saturated rings. The van der Waals surface area contributed by atoms with E-state index in [-0.39, 0.29) is 0 Å². The Labute approximate surface area is 90.5 Å². The van der Waals surface area contributed by atoms with Crippen LogP contribution in [0.4, 0.5) is 0 Å². The van der Waals surface area contributed by atoms with E-state index in [1.165, 1.54) is 5.56 Å². The van der Waals surface area contributed by atoms with Gasteiger partial charge in [0.05, 0.1) is 0 Å². The summed E-state index contributed by atoms with van der Waals surface area (Å²) in [5, 5.41) is 16.5. The number of hydrogen-bond donors (Lipinski definition) is 3. The van der Waals surface area contributed by atoms with E-state index < -0.39 is 0 Å². The van der Waals surface area contributed by atoms with Crippen molar-refractivity contribution in [2.75, 3.05) is 19.6 Å². The highest BCUT2D eigenvalue weighted by molar-refractivity contribution is 5.43. The maximum Gasteiger partial charge on any atom is 0.121 e. The molecule has 0 spiro atoms. The van der Waals surface area contributed by atoms with E-state index in [1.54, 1.807) is 0 Å². The second-order valence-corrected chi connectivity index (χ2v) is 4.21. The topological polar surface area (TPSA) is 44.3 Å². The van der Waals surface area contributed by atoms with Crippen LogP contribution < -0.4 is 10.6 Å². The normalized spacial score (nSPS) is 21.6. The van der Waals surface area contributed by atoms with Gasteiger partial charge in [-0.1, -0.05) is 12.1 Å². The molecule has 1 aliphatic rings. The maximum absolute atomic E-state index is 9.69. The van der Waals surface area contributed by atoms with Gasteiger partial charge < -0.3 is 15.7 Å². The Morgan fingerprint density at radius 1 is 1.20 bits per heavy atom. The first-order chi connectivity index (χ1) is 7.18. The summed E-state index contributed by atoms with van der Waals surface area (Å²) in [7, 11) is 0. The van der Waals surface area contributed by atoms with Crippen molar-refractivity contribution >= 4 is 0 Å². The summed E-state index contributed by atoms with van der Waals surface area (Å²) in [5.41, 5.74) is 3.17. The first-order valence-corrected chi connectivity index (χ1v) is 5.42. The fraction of sp³-hybridized carbons (Fsp3) is 0.500. The minimum Gasteiger partial charge on any atom is -0.507 e. The Morgan fingerprint density at radius 2 is 1.87 bits per heavy atom. The van der Waals surface area contributed by atoms with Crippen molar-refractivity contribution in [2.24, 2.45) is 0 Å². The van der Waals surface area contributed by atoms with Crippen LogP contribution in [0.1, 0.15) is 22.7 Å². The summed E-state index contributed by atoms with van der Waals surface area (Å²) >= 11 is 0. The third kappa shape index (κ3) is 2.13. The van der Waals surface area contributed by atoms with Gasteiger partial charge in [-0.2, -0.15) is 0 Å². The molecule has 0 radical (unpaired) electrons. The van der Waals surface area contributed by atoms with E-state index in [9.17, 15) is 5.11 Å². The Balaban J connectivity index is 2.27. The molecule has 0 aromatic heterocycles. The van der Waals surface area contributed by atoms with Crippen LogP contribution in [0.2, 0.25) is 0 Å². The van der Waals surface area contributed by atoms with Crippen molar-refractivity contribution in [2.45, 2.75) is 19.9 Å². The highest BCUT2D eigenvalue weighted by Gasteiger charge is 2.15. The molecule has 1 aromatic carbocycles. The summed E-state index contributed by atoms with van der Waals surface area (Å²) in [6.45, 7) is 6.89. The Morgan fingerprint density at radius 3 is 2.40 bits per heavy atom. The lowest BCUT2D eigenvalue weighted by molar-refractivity contribution is 0.428. The second-order valence-electron chi connectivity index (χ2n) is 4.21. The molecule has 2 rings (SSSR count). The van der Waals surface area contributed by atoms with Crippen LogP contribution in [0.3, 0.4) is 0 Å². The highest BCUT2D eigenvalue weighted by Crippen LogP contribution is 2.26. The summed E-state index contributed by atoms with van der Waals surface area (Å²) in [6, 6.07) is 4.50. The third-order valence-electron chi connectivity index (χ3n) is 2.96. The summed E-state index contributed by atoms with van der Waals surface area (Å²) in [6.07, 6.45) is 0. The van der Waals surface area contributed by atoms with Crippen molar-refractivity contribution in [3.8, 4) is 5.75 Å². The second kappa shape index (κ2) is 4.21. The van der Waals surface area contributed by atoms with Gasteiger partial charge in [-0.3, -0.25) is 0 Å². The lowest BCUT2D eigenvalue weighted by Gasteiger charge is -2.25. The van der Waals surface area contributed by atoms with Crippen molar-refractivity contribution in [3.05, 3.63) is 28.8 Å². The van der Waals surface area contributed by atoms with E-state index in [0.29, 0.717) is 11.8 Å². The number of rotatable bonds is 1. The van der Waals surface area contributed by atoms with Gasteiger partial charge in [0.2, 0.25) is 0 Å². The van der Waals surface area contributed by atoms with E-state index >= 15 is 0 Å². The molecule has 1 atom stereocenters.